The zero-order valence-corrected chi connectivity index (χ0v) is 13.3. The van der Waals surface area contributed by atoms with E-state index in [9.17, 15) is 4.39 Å². The van der Waals surface area contributed by atoms with Crippen molar-refractivity contribution in [3.63, 3.8) is 0 Å². The highest BCUT2D eigenvalue weighted by molar-refractivity contribution is 5.79. The van der Waals surface area contributed by atoms with Crippen LogP contribution < -0.4 is 10.6 Å². The molecule has 0 aromatic heterocycles. The highest BCUT2D eigenvalue weighted by Gasteiger charge is 2.43. The fraction of sp³-hybridized carbons (Fsp3) is 0.316. The number of hydrogen-bond donors (Lipinski definition) is 2. The van der Waals surface area contributed by atoms with Crippen LogP contribution in [0.25, 0.3) is 0 Å². The molecule has 0 bridgehead atoms. The number of rotatable bonds is 5. The molecule has 0 heterocycles. The fourth-order valence-electron chi connectivity index (χ4n) is 2.80. The molecular weight excluding hydrogens is 289 g/mol. The molecule has 120 valence electrons. The second-order valence-electron chi connectivity index (χ2n) is 6.02. The molecule has 0 amide bonds. The van der Waals surface area contributed by atoms with Crippen molar-refractivity contribution in [1.29, 1.82) is 0 Å². The van der Waals surface area contributed by atoms with E-state index in [1.165, 1.54) is 24.5 Å². The predicted molar refractivity (Wildman–Crippen MR) is 92.0 cm³/mol. The van der Waals surface area contributed by atoms with Gasteiger partial charge in [0.1, 0.15) is 5.82 Å². The Labute approximate surface area is 136 Å². The molecule has 23 heavy (non-hydrogen) atoms. The van der Waals surface area contributed by atoms with E-state index in [-0.39, 0.29) is 11.2 Å². The lowest BCUT2D eigenvalue weighted by Gasteiger charge is -2.19. The number of halogens is 1. The molecule has 3 nitrogen and oxygen atoms in total. The Balaban J connectivity index is 1.56. The Morgan fingerprint density at radius 1 is 1.04 bits per heavy atom. The van der Waals surface area contributed by atoms with Gasteiger partial charge in [-0.1, -0.05) is 48.5 Å². The molecule has 0 saturated heterocycles. The highest BCUT2D eigenvalue weighted by atomic mass is 19.1. The second kappa shape index (κ2) is 6.82. The second-order valence-corrected chi connectivity index (χ2v) is 6.02. The maximum absolute atomic E-state index is 13.7. The summed E-state index contributed by atoms with van der Waals surface area (Å²) in [7, 11) is 1.73. The Kier molecular flexibility index (Phi) is 4.60. The van der Waals surface area contributed by atoms with Crippen molar-refractivity contribution in [3.8, 4) is 0 Å². The monoisotopic (exact) mass is 311 g/mol. The zero-order chi connectivity index (χ0) is 16.1. The molecular formula is C19H22FN3. The molecule has 1 aliphatic rings. The van der Waals surface area contributed by atoms with E-state index >= 15 is 0 Å². The molecule has 1 fully saturated rings. The van der Waals surface area contributed by atoms with Gasteiger partial charge in [-0.05, 0) is 24.5 Å². The molecule has 4 heteroatoms. The minimum Gasteiger partial charge on any atom is -0.356 e. The summed E-state index contributed by atoms with van der Waals surface area (Å²) in [6.45, 7) is 1.26. The van der Waals surface area contributed by atoms with Gasteiger partial charge in [0, 0.05) is 31.1 Å². The highest BCUT2D eigenvalue weighted by Crippen LogP contribution is 2.47. The summed E-state index contributed by atoms with van der Waals surface area (Å²) in [5.74, 6) is 0.508. The summed E-state index contributed by atoms with van der Waals surface area (Å²) >= 11 is 0. The third-order valence-corrected chi connectivity index (χ3v) is 4.46. The third-order valence-electron chi connectivity index (χ3n) is 4.46. The molecule has 2 N–H and O–H groups in total. The molecule has 1 saturated carbocycles. The fourth-order valence-corrected chi connectivity index (χ4v) is 2.80. The quantitative estimate of drug-likeness (QED) is 0.657. The Morgan fingerprint density at radius 2 is 1.74 bits per heavy atom. The number of benzene rings is 2. The SMILES string of the molecule is CN=C(NCc1ccccc1F)NCC1(c2ccccc2)CC1. The van der Waals surface area contributed by atoms with Gasteiger partial charge < -0.3 is 10.6 Å². The predicted octanol–water partition coefficient (Wildman–Crippen LogP) is 3.22. The number of guanidine groups is 1. The lowest BCUT2D eigenvalue weighted by atomic mass is 9.96. The Hall–Kier alpha value is -2.36. The first kappa shape index (κ1) is 15.5. The van der Waals surface area contributed by atoms with Crippen LogP contribution in [0.15, 0.2) is 59.6 Å². The Bertz CT molecular complexity index is 678. The van der Waals surface area contributed by atoms with Crippen LogP contribution in [0.5, 0.6) is 0 Å². The molecule has 0 aliphatic heterocycles. The lowest BCUT2D eigenvalue weighted by Crippen LogP contribution is -2.41. The summed E-state index contributed by atoms with van der Waals surface area (Å²) in [6, 6.07) is 17.4. The first-order valence-electron chi connectivity index (χ1n) is 7.97. The molecule has 0 unspecified atom stereocenters. The number of nitrogens with one attached hydrogen (secondary N) is 2. The van der Waals surface area contributed by atoms with Crippen molar-refractivity contribution in [2.24, 2.45) is 4.99 Å². The summed E-state index contributed by atoms with van der Waals surface area (Å²) in [4.78, 5) is 4.23. The minimum absolute atomic E-state index is 0.196. The first-order valence-corrected chi connectivity index (χ1v) is 7.97. The number of aliphatic imine (C=N–C) groups is 1. The average molecular weight is 311 g/mol. The van der Waals surface area contributed by atoms with E-state index in [0.717, 1.165) is 6.54 Å². The summed E-state index contributed by atoms with van der Waals surface area (Å²) in [5, 5.41) is 6.55. The molecule has 0 atom stereocenters. The summed E-state index contributed by atoms with van der Waals surface area (Å²) in [6.07, 6.45) is 2.38. The van der Waals surface area contributed by atoms with Crippen LogP contribution in [0.3, 0.4) is 0 Å². The van der Waals surface area contributed by atoms with Gasteiger partial charge in [-0.3, -0.25) is 4.99 Å². The minimum atomic E-state index is -0.196. The normalized spacial score (nSPS) is 16.0. The zero-order valence-electron chi connectivity index (χ0n) is 13.3. The summed E-state index contributed by atoms with van der Waals surface area (Å²) < 4.78 is 13.7. The van der Waals surface area contributed by atoms with Crippen molar-refractivity contribution in [2.75, 3.05) is 13.6 Å². The molecule has 2 aromatic rings. The van der Waals surface area contributed by atoms with Crippen LogP contribution in [-0.4, -0.2) is 19.6 Å². The van der Waals surface area contributed by atoms with E-state index in [1.54, 1.807) is 19.2 Å². The van der Waals surface area contributed by atoms with Crippen molar-refractivity contribution < 1.29 is 4.39 Å². The molecule has 0 radical (unpaired) electrons. The lowest BCUT2D eigenvalue weighted by molar-refractivity contribution is 0.602. The van der Waals surface area contributed by atoms with E-state index in [1.807, 2.05) is 12.1 Å². The summed E-state index contributed by atoms with van der Waals surface area (Å²) in [5.41, 5.74) is 2.23. The van der Waals surface area contributed by atoms with E-state index in [4.69, 9.17) is 0 Å². The Morgan fingerprint density at radius 3 is 2.39 bits per heavy atom. The van der Waals surface area contributed by atoms with E-state index in [0.29, 0.717) is 18.1 Å². The average Bonchev–Trinajstić information content (AvgIpc) is 3.38. The van der Waals surface area contributed by atoms with E-state index in [2.05, 4.69) is 39.9 Å². The maximum atomic E-state index is 13.7. The maximum Gasteiger partial charge on any atom is 0.191 e. The van der Waals surface area contributed by atoms with Gasteiger partial charge in [-0.25, -0.2) is 4.39 Å². The first-order chi connectivity index (χ1) is 11.2. The molecule has 3 rings (SSSR count). The van der Waals surface area contributed by atoms with Crippen LogP contribution in [0.1, 0.15) is 24.0 Å². The molecule has 0 spiro atoms. The van der Waals surface area contributed by atoms with Crippen LogP contribution >= 0.6 is 0 Å². The standard InChI is InChI=1S/C19H22FN3/c1-21-18(22-13-15-7-5-6-10-17(15)20)23-14-19(11-12-19)16-8-3-2-4-9-16/h2-10H,11-14H2,1H3,(H2,21,22,23). The smallest absolute Gasteiger partial charge is 0.191 e. The van der Waals surface area contributed by atoms with Crippen LogP contribution in [0, 0.1) is 5.82 Å². The largest absolute Gasteiger partial charge is 0.356 e. The van der Waals surface area contributed by atoms with Crippen molar-refractivity contribution in [1.82, 2.24) is 10.6 Å². The number of hydrogen-bond acceptors (Lipinski definition) is 1. The van der Waals surface area contributed by atoms with Gasteiger partial charge in [-0.2, -0.15) is 0 Å². The van der Waals surface area contributed by atoms with E-state index < -0.39 is 0 Å². The van der Waals surface area contributed by atoms with Gasteiger partial charge in [0.15, 0.2) is 5.96 Å². The van der Waals surface area contributed by atoms with Crippen LogP contribution in [-0.2, 0) is 12.0 Å². The van der Waals surface area contributed by atoms with Crippen LogP contribution in [0.4, 0.5) is 4.39 Å². The van der Waals surface area contributed by atoms with Crippen LogP contribution in [0.2, 0.25) is 0 Å². The van der Waals surface area contributed by atoms with Crippen molar-refractivity contribution in [3.05, 3.63) is 71.5 Å². The van der Waals surface area contributed by atoms with Gasteiger partial charge in [-0.15, -0.1) is 0 Å². The van der Waals surface area contributed by atoms with Gasteiger partial charge in [0.05, 0.1) is 0 Å². The van der Waals surface area contributed by atoms with Gasteiger partial charge in [0.2, 0.25) is 0 Å². The van der Waals surface area contributed by atoms with Gasteiger partial charge >= 0.3 is 0 Å². The van der Waals surface area contributed by atoms with Crippen molar-refractivity contribution in [2.45, 2.75) is 24.8 Å². The van der Waals surface area contributed by atoms with Gasteiger partial charge in [0.25, 0.3) is 0 Å². The third kappa shape index (κ3) is 3.70. The number of nitrogens with zero attached hydrogens (tertiary/aromatic N) is 1. The van der Waals surface area contributed by atoms with Crippen molar-refractivity contribution >= 4 is 5.96 Å². The molecule has 1 aliphatic carbocycles. The molecule has 2 aromatic carbocycles. The topological polar surface area (TPSA) is 36.4 Å².